The number of benzene rings is 2. The summed E-state index contributed by atoms with van der Waals surface area (Å²) in [6.07, 6.45) is -3.92. The van der Waals surface area contributed by atoms with Gasteiger partial charge in [0.1, 0.15) is 11.6 Å². The van der Waals surface area contributed by atoms with E-state index in [0.29, 0.717) is 0 Å². The van der Waals surface area contributed by atoms with Crippen molar-refractivity contribution in [1.82, 2.24) is 19.7 Å². The molecule has 0 spiro atoms. The summed E-state index contributed by atoms with van der Waals surface area (Å²) in [7, 11) is -4.41. The first kappa shape index (κ1) is 22.8. The number of ether oxygens (including phenoxy) is 1. The van der Waals surface area contributed by atoms with Gasteiger partial charge in [0.15, 0.2) is 5.69 Å². The largest absolute Gasteiger partial charge is 0.573 e. The van der Waals surface area contributed by atoms with E-state index in [-0.39, 0.29) is 10.7 Å². The van der Waals surface area contributed by atoms with Crippen LogP contribution in [0.1, 0.15) is 10.5 Å². The van der Waals surface area contributed by atoms with Gasteiger partial charge in [-0.25, -0.2) is 22.2 Å². The van der Waals surface area contributed by atoms with Crippen molar-refractivity contribution in [3.63, 3.8) is 0 Å². The van der Waals surface area contributed by atoms with Crippen LogP contribution in [0.25, 0.3) is 5.69 Å². The Morgan fingerprint density at radius 1 is 1.10 bits per heavy atom. The normalized spacial score (nSPS) is 11.9. The molecule has 1 N–H and O–H groups in total. The Labute approximate surface area is 181 Å². The van der Waals surface area contributed by atoms with Crippen LogP contribution in [0.5, 0.6) is 5.75 Å². The van der Waals surface area contributed by atoms with Crippen LogP contribution < -0.4 is 9.46 Å². The van der Waals surface area contributed by atoms with Crippen molar-refractivity contribution in [3.8, 4) is 11.4 Å². The number of nitrogens with one attached hydrogen (secondary N) is 1. The molecule has 1 heterocycles. The van der Waals surface area contributed by atoms with E-state index in [4.69, 9.17) is 23.2 Å². The van der Waals surface area contributed by atoms with Crippen molar-refractivity contribution in [1.29, 1.82) is 0 Å². The Balaban J connectivity index is 1.80. The predicted octanol–water partition coefficient (Wildman–Crippen LogP) is 3.73. The number of halogens is 6. The molecule has 164 valence electrons. The Kier molecular flexibility index (Phi) is 6.11. The lowest BCUT2D eigenvalue weighted by Gasteiger charge is -2.10. The number of nitrogens with zero attached hydrogens (tertiary/aromatic N) is 3. The topological polar surface area (TPSA) is 103 Å². The summed E-state index contributed by atoms with van der Waals surface area (Å²) in [5.41, 5.74) is -0.417. The van der Waals surface area contributed by atoms with Crippen LogP contribution in [-0.4, -0.2) is 35.7 Å². The van der Waals surface area contributed by atoms with Crippen molar-refractivity contribution in [2.75, 3.05) is 0 Å². The summed E-state index contributed by atoms with van der Waals surface area (Å²) in [6.45, 7) is 0. The summed E-state index contributed by atoms with van der Waals surface area (Å²) in [6, 6.07) is 5.47. The highest BCUT2D eigenvalue weighted by atomic mass is 35.5. The van der Waals surface area contributed by atoms with Crippen LogP contribution in [0.2, 0.25) is 10.0 Å². The zero-order chi connectivity index (χ0) is 23.0. The maximum absolute atomic E-state index is 13.2. The molecule has 0 atom stereocenters. The number of carbonyl (C=O) groups is 1. The van der Waals surface area contributed by atoms with E-state index in [1.54, 1.807) is 4.72 Å². The maximum atomic E-state index is 13.2. The van der Waals surface area contributed by atoms with E-state index < -0.39 is 49.5 Å². The van der Waals surface area contributed by atoms with Gasteiger partial charge in [0.05, 0.1) is 26.8 Å². The molecule has 3 aromatic rings. The second kappa shape index (κ2) is 8.32. The van der Waals surface area contributed by atoms with E-state index in [1.807, 2.05) is 0 Å². The molecular formula is C16H8Cl2F4N4O4S. The maximum Gasteiger partial charge on any atom is 0.573 e. The van der Waals surface area contributed by atoms with Gasteiger partial charge in [-0.1, -0.05) is 28.4 Å². The Hall–Kier alpha value is -2.90. The summed E-state index contributed by atoms with van der Waals surface area (Å²) >= 11 is 11.5. The molecule has 0 saturated heterocycles. The van der Waals surface area contributed by atoms with Crippen LogP contribution in [0, 0.1) is 5.82 Å². The number of amides is 1. The Bertz CT molecular complexity index is 1260. The first-order chi connectivity index (χ1) is 14.4. The monoisotopic (exact) mass is 498 g/mol. The number of sulfonamides is 1. The van der Waals surface area contributed by atoms with Crippen molar-refractivity contribution >= 4 is 39.1 Å². The molecule has 0 saturated carbocycles. The fourth-order valence-electron chi connectivity index (χ4n) is 2.23. The minimum Gasteiger partial charge on any atom is -0.406 e. The van der Waals surface area contributed by atoms with Gasteiger partial charge >= 0.3 is 6.36 Å². The van der Waals surface area contributed by atoms with E-state index >= 15 is 0 Å². The third kappa shape index (κ3) is 5.42. The van der Waals surface area contributed by atoms with Crippen LogP contribution in [0.3, 0.4) is 0 Å². The zero-order valence-corrected chi connectivity index (χ0v) is 17.0. The predicted molar refractivity (Wildman–Crippen MR) is 99.1 cm³/mol. The Morgan fingerprint density at radius 3 is 2.42 bits per heavy atom. The number of rotatable bonds is 5. The summed E-state index contributed by atoms with van der Waals surface area (Å²) in [4.78, 5) is 11.8. The molecule has 0 fully saturated rings. The first-order valence-corrected chi connectivity index (χ1v) is 10.1. The number of aromatic nitrogens is 3. The average Bonchev–Trinajstić information content (AvgIpc) is 3.12. The van der Waals surface area contributed by atoms with Gasteiger partial charge in [-0.3, -0.25) is 4.79 Å². The molecular weight excluding hydrogens is 491 g/mol. The van der Waals surface area contributed by atoms with Gasteiger partial charge in [-0.05, 0) is 30.3 Å². The van der Waals surface area contributed by atoms with E-state index in [2.05, 4.69) is 15.0 Å². The third-order valence-corrected chi connectivity index (χ3v) is 5.48. The van der Waals surface area contributed by atoms with Gasteiger partial charge < -0.3 is 4.74 Å². The second-order valence-corrected chi connectivity index (χ2v) is 8.22. The van der Waals surface area contributed by atoms with Crippen molar-refractivity contribution in [2.45, 2.75) is 11.3 Å². The smallest absolute Gasteiger partial charge is 0.406 e. The van der Waals surface area contributed by atoms with Gasteiger partial charge in [-0.15, -0.1) is 18.3 Å². The van der Waals surface area contributed by atoms with Crippen LogP contribution in [0.4, 0.5) is 17.6 Å². The minimum atomic E-state index is -4.91. The number of hydrogen-bond acceptors (Lipinski definition) is 6. The summed E-state index contributed by atoms with van der Waals surface area (Å²) in [5, 5.41) is 6.42. The van der Waals surface area contributed by atoms with Crippen molar-refractivity contribution in [2.24, 2.45) is 0 Å². The van der Waals surface area contributed by atoms with Crippen LogP contribution in [-0.2, 0) is 10.0 Å². The molecule has 0 radical (unpaired) electrons. The zero-order valence-electron chi connectivity index (χ0n) is 14.7. The van der Waals surface area contributed by atoms with Crippen molar-refractivity contribution in [3.05, 3.63) is 64.2 Å². The highest BCUT2D eigenvalue weighted by Crippen LogP contribution is 2.29. The third-order valence-electron chi connectivity index (χ3n) is 3.55. The molecule has 0 unspecified atom stereocenters. The molecule has 2 aromatic carbocycles. The Morgan fingerprint density at radius 2 is 1.81 bits per heavy atom. The van der Waals surface area contributed by atoms with Gasteiger partial charge in [0, 0.05) is 6.07 Å². The fraction of sp³-hybridized carbons (Fsp3) is 0.0625. The highest BCUT2D eigenvalue weighted by molar-refractivity contribution is 7.90. The molecule has 0 aliphatic carbocycles. The molecule has 31 heavy (non-hydrogen) atoms. The number of carbonyl (C=O) groups excluding carboxylic acids is 1. The molecule has 8 nitrogen and oxygen atoms in total. The van der Waals surface area contributed by atoms with Gasteiger partial charge in [-0.2, -0.15) is 0 Å². The SMILES string of the molecule is O=C(NS(=O)(=O)c1ccc(F)c(Cl)c1)c1cn(-c2ccc(OC(F)(F)F)cc2Cl)nn1. The first-order valence-electron chi connectivity index (χ1n) is 7.86. The molecule has 0 aliphatic heterocycles. The molecule has 1 amide bonds. The summed E-state index contributed by atoms with van der Waals surface area (Å²) < 4.78 is 81.0. The number of alkyl halides is 3. The lowest BCUT2D eigenvalue weighted by atomic mass is 10.3. The average molecular weight is 499 g/mol. The van der Waals surface area contributed by atoms with Gasteiger partial charge in [0.25, 0.3) is 15.9 Å². The van der Waals surface area contributed by atoms with E-state index in [0.717, 1.165) is 47.3 Å². The molecule has 1 aromatic heterocycles. The summed E-state index contributed by atoms with van der Waals surface area (Å²) in [5.74, 6) is -2.61. The van der Waals surface area contributed by atoms with Crippen LogP contribution in [0.15, 0.2) is 47.5 Å². The fourth-order valence-corrected chi connectivity index (χ4v) is 3.72. The quantitative estimate of drug-likeness (QED) is 0.537. The second-order valence-electron chi connectivity index (χ2n) is 5.72. The van der Waals surface area contributed by atoms with Gasteiger partial charge in [0.2, 0.25) is 0 Å². The lowest BCUT2D eigenvalue weighted by molar-refractivity contribution is -0.274. The van der Waals surface area contributed by atoms with E-state index in [9.17, 15) is 30.8 Å². The standard InChI is InChI=1S/C16H8Cl2F4N4O4S/c17-10-6-9(2-3-12(10)19)31(28,29)24-15(27)13-7-26(25-23-13)14-4-1-8(5-11(14)18)30-16(20,21)22/h1-7H,(H,24,27). The molecule has 3 rings (SSSR count). The lowest BCUT2D eigenvalue weighted by Crippen LogP contribution is -2.30. The molecule has 0 aliphatic rings. The van der Waals surface area contributed by atoms with E-state index in [1.165, 1.54) is 0 Å². The van der Waals surface area contributed by atoms with Crippen molar-refractivity contribution < 1.29 is 35.5 Å². The van der Waals surface area contributed by atoms with Crippen LogP contribution >= 0.6 is 23.2 Å². The molecule has 0 bridgehead atoms. The minimum absolute atomic E-state index is 0.0379. The highest BCUT2D eigenvalue weighted by Gasteiger charge is 2.31. The number of hydrogen-bond donors (Lipinski definition) is 1. The molecule has 15 heteroatoms.